The van der Waals surface area contributed by atoms with Gasteiger partial charge in [0.25, 0.3) is 0 Å². The molecule has 0 amide bonds. The Labute approximate surface area is 116 Å². The summed E-state index contributed by atoms with van der Waals surface area (Å²) in [5.41, 5.74) is 2.65. The smallest absolute Gasteiger partial charge is 0.122 e. The Balaban J connectivity index is 2.11. The van der Waals surface area contributed by atoms with E-state index in [-0.39, 0.29) is 6.04 Å². The van der Waals surface area contributed by atoms with Crippen molar-refractivity contribution in [2.24, 2.45) is 0 Å². The number of rotatable bonds is 6. The van der Waals surface area contributed by atoms with Crippen LogP contribution in [0.25, 0.3) is 0 Å². The molecule has 0 saturated carbocycles. The van der Waals surface area contributed by atoms with Crippen LogP contribution < -0.4 is 10.1 Å². The first kappa shape index (κ1) is 14.0. The van der Waals surface area contributed by atoms with Crippen LogP contribution >= 0.6 is 0 Å². The van der Waals surface area contributed by atoms with Gasteiger partial charge in [-0.3, -0.25) is 5.32 Å². The molecule has 1 aliphatic heterocycles. The van der Waals surface area contributed by atoms with Crippen molar-refractivity contribution >= 4 is 0 Å². The van der Waals surface area contributed by atoms with Crippen LogP contribution in [0.1, 0.15) is 50.3 Å². The average Bonchev–Trinajstić information content (AvgIpc) is 2.90. The molecular weight excluding hydrogens is 234 g/mol. The van der Waals surface area contributed by atoms with Gasteiger partial charge in [0.2, 0.25) is 0 Å². The maximum atomic E-state index is 5.60. The van der Waals surface area contributed by atoms with E-state index in [2.05, 4.69) is 43.3 Å². The van der Waals surface area contributed by atoms with E-state index >= 15 is 0 Å². The Morgan fingerprint density at radius 1 is 1.42 bits per heavy atom. The number of hydrogen-bond donors (Lipinski definition) is 1. The standard InChI is InChI=1S/C17H23NO/c1-4-7-15(5-2)18-16(6-3)13-8-9-17-14(12-13)10-11-19-17/h2,8-9,12,15-16,18H,4,6-7,10-11H2,1,3H3. The third-order valence-electron chi connectivity index (χ3n) is 3.71. The highest BCUT2D eigenvalue weighted by atomic mass is 16.5. The van der Waals surface area contributed by atoms with Crippen LogP contribution in [0.5, 0.6) is 5.75 Å². The van der Waals surface area contributed by atoms with E-state index in [0.29, 0.717) is 6.04 Å². The van der Waals surface area contributed by atoms with Gasteiger partial charge in [-0.05, 0) is 30.0 Å². The van der Waals surface area contributed by atoms with Gasteiger partial charge in [0.15, 0.2) is 0 Å². The molecule has 1 N–H and O–H groups in total. The molecule has 1 aromatic rings. The van der Waals surface area contributed by atoms with E-state index < -0.39 is 0 Å². The highest BCUT2D eigenvalue weighted by molar-refractivity contribution is 5.40. The Hall–Kier alpha value is -1.46. The predicted octanol–water partition coefficient (Wildman–Crippen LogP) is 3.46. The fourth-order valence-corrected chi connectivity index (χ4v) is 2.62. The van der Waals surface area contributed by atoms with Crippen LogP contribution in [0, 0.1) is 12.3 Å². The summed E-state index contributed by atoms with van der Waals surface area (Å²) < 4.78 is 5.55. The number of ether oxygens (including phenoxy) is 1. The maximum absolute atomic E-state index is 5.60. The van der Waals surface area contributed by atoms with E-state index in [1.165, 1.54) is 11.1 Å². The first-order chi connectivity index (χ1) is 9.28. The van der Waals surface area contributed by atoms with E-state index in [9.17, 15) is 0 Å². The highest BCUT2D eigenvalue weighted by Crippen LogP contribution is 2.29. The molecule has 0 bridgehead atoms. The third-order valence-corrected chi connectivity index (χ3v) is 3.71. The summed E-state index contributed by atoms with van der Waals surface area (Å²) >= 11 is 0. The Morgan fingerprint density at radius 2 is 2.26 bits per heavy atom. The van der Waals surface area contributed by atoms with Crippen molar-refractivity contribution in [2.45, 2.75) is 51.6 Å². The number of hydrogen-bond acceptors (Lipinski definition) is 2. The maximum Gasteiger partial charge on any atom is 0.122 e. The average molecular weight is 257 g/mol. The van der Waals surface area contributed by atoms with Crippen LogP contribution in [0.4, 0.5) is 0 Å². The quantitative estimate of drug-likeness (QED) is 0.788. The van der Waals surface area contributed by atoms with Crippen molar-refractivity contribution in [1.82, 2.24) is 5.32 Å². The van der Waals surface area contributed by atoms with Gasteiger partial charge in [0, 0.05) is 12.5 Å². The molecule has 1 aliphatic rings. The summed E-state index contributed by atoms with van der Waals surface area (Å²) in [6.07, 6.45) is 9.80. The molecule has 2 nitrogen and oxygen atoms in total. The topological polar surface area (TPSA) is 21.3 Å². The first-order valence-corrected chi connectivity index (χ1v) is 7.26. The van der Waals surface area contributed by atoms with E-state index in [4.69, 9.17) is 11.2 Å². The lowest BCUT2D eigenvalue weighted by Gasteiger charge is -2.22. The van der Waals surface area contributed by atoms with Crippen molar-refractivity contribution in [3.05, 3.63) is 29.3 Å². The molecule has 19 heavy (non-hydrogen) atoms. The molecule has 0 radical (unpaired) electrons. The third kappa shape index (κ3) is 3.30. The highest BCUT2D eigenvalue weighted by Gasteiger charge is 2.17. The van der Waals surface area contributed by atoms with Gasteiger partial charge >= 0.3 is 0 Å². The van der Waals surface area contributed by atoms with E-state index in [0.717, 1.165) is 38.0 Å². The second-order valence-electron chi connectivity index (χ2n) is 5.10. The summed E-state index contributed by atoms with van der Waals surface area (Å²) in [5, 5.41) is 3.58. The summed E-state index contributed by atoms with van der Waals surface area (Å²) in [4.78, 5) is 0. The number of fused-ring (bicyclic) bond motifs is 1. The molecule has 0 aliphatic carbocycles. The Morgan fingerprint density at radius 3 is 2.95 bits per heavy atom. The minimum absolute atomic E-state index is 0.166. The molecule has 1 aromatic carbocycles. The fourth-order valence-electron chi connectivity index (χ4n) is 2.62. The molecule has 0 fully saturated rings. The van der Waals surface area contributed by atoms with E-state index in [1.807, 2.05) is 0 Å². The molecular formula is C17H23NO. The van der Waals surface area contributed by atoms with Gasteiger partial charge in [-0.15, -0.1) is 6.42 Å². The van der Waals surface area contributed by atoms with Crippen molar-refractivity contribution in [2.75, 3.05) is 6.61 Å². The molecule has 2 unspecified atom stereocenters. The van der Waals surface area contributed by atoms with Gasteiger partial charge in [-0.1, -0.05) is 38.3 Å². The van der Waals surface area contributed by atoms with Gasteiger partial charge in [0.1, 0.15) is 5.75 Å². The van der Waals surface area contributed by atoms with Crippen molar-refractivity contribution in [3.63, 3.8) is 0 Å². The van der Waals surface area contributed by atoms with Gasteiger partial charge in [-0.2, -0.15) is 0 Å². The van der Waals surface area contributed by atoms with Crippen molar-refractivity contribution < 1.29 is 4.74 Å². The summed E-state index contributed by atoms with van der Waals surface area (Å²) in [6.45, 7) is 5.17. The summed E-state index contributed by atoms with van der Waals surface area (Å²) in [5.74, 6) is 3.90. The zero-order valence-corrected chi connectivity index (χ0v) is 11.9. The lowest BCUT2D eigenvalue weighted by Crippen LogP contribution is -2.31. The predicted molar refractivity (Wildman–Crippen MR) is 79.3 cm³/mol. The number of terminal acetylenes is 1. The SMILES string of the molecule is C#CC(CCC)NC(CC)c1ccc2c(c1)CCO2. The molecule has 1 heterocycles. The summed E-state index contributed by atoms with van der Waals surface area (Å²) in [6, 6.07) is 7.01. The lowest BCUT2D eigenvalue weighted by atomic mass is 9.99. The molecule has 2 atom stereocenters. The van der Waals surface area contributed by atoms with Crippen molar-refractivity contribution in [1.29, 1.82) is 0 Å². The van der Waals surface area contributed by atoms with Crippen LogP contribution in [0.3, 0.4) is 0 Å². The molecule has 2 heteroatoms. The summed E-state index contributed by atoms with van der Waals surface area (Å²) in [7, 11) is 0. The monoisotopic (exact) mass is 257 g/mol. The number of nitrogens with one attached hydrogen (secondary N) is 1. The minimum atomic E-state index is 0.166. The fraction of sp³-hybridized carbons (Fsp3) is 0.529. The lowest BCUT2D eigenvalue weighted by molar-refractivity contribution is 0.356. The second kappa shape index (κ2) is 6.63. The van der Waals surface area contributed by atoms with Crippen LogP contribution in [-0.4, -0.2) is 12.6 Å². The van der Waals surface area contributed by atoms with Gasteiger partial charge < -0.3 is 4.74 Å². The Kier molecular flexibility index (Phi) is 4.87. The molecule has 102 valence electrons. The molecule has 0 aromatic heterocycles. The minimum Gasteiger partial charge on any atom is -0.493 e. The van der Waals surface area contributed by atoms with Gasteiger partial charge in [0.05, 0.1) is 12.6 Å². The normalized spacial score (nSPS) is 16.3. The van der Waals surface area contributed by atoms with Crippen LogP contribution in [0.2, 0.25) is 0 Å². The zero-order chi connectivity index (χ0) is 13.7. The molecule has 0 saturated heterocycles. The van der Waals surface area contributed by atoms with Crippen molar-refractivity contribution in [3.8, 4) is 18.1 Å². The first-order valence-electron chi connectivity index (χ1n) is 7.26. The number of benzene rings is 1. The van der Waals surface area contributed by atoms with Crippen LogP contribution in [0.15, 0.2) is 18.2 Å². The van der Waals surface area contributed by atoms with Gasteiger partial charge in [-0.25, -0.2) is 0 Å². The largest absolute Gasteiger partial charge is 0.493 e. The molecule has 2 rings (SSSR count). The van der Waals surface area contributed by atoms with E-state index in [1.54, 1.807) is 0 Å². The zero-order valence-electron chi connectivity index (χ0n) is 11.9. The van der Waals surface area contributed by atoms with Crippen LogP contribution in [-0.2, 0) is 6.42 Å². The molecule has 0 spiro atoms. The second-order valence-corrected chi connectivity index (χ2v) is 5.10. The Bertz CT molecular complexity index is 461.